The Morgan fingerprint density at radius 2 is 1.43 bits per heavy atom. The monoisotopic (exact) mass is 472 g/mol. The quantitative estimate of drug-likeness (QED) is 0.335. The minimum Gasteiger partial charge on any atom is -0.494 e. The molecule has 0 saturated heterocycles. The van der Waals surface area contributed by atoms with Crippen molar-refractivity contribution in [3.8, 4) is 17.2 Å². The molecule has 0 spiro atoms. The molecule has 1 heterocycles. The molecule has 0 bridgehead atoms. The number of hydrogen-bond acceptors (Lipinski definition) is 6. The van der Waals surface area contributed by atoms with E-state index in [-0.39, 0.29) is 5.91 Å². The summed E-state index contributed by atoms with van der Waals surface area (Å²) in [5.41, 5.74) is 1.89. The van der Waals surface area contributed by atoms with Gasteiger partial charge in [0.25, 0.3) is 5.91 Å². The molecule has 4 rings (SSSR count). The molecular weight excluding hydrogens is 448 g/mol. The second kappa shape index (κ2) is 10.5. The second-order valence-corrected chi connectivity index (χ2v) is 7.42. The number of anilines is 2. The normalized spacial score (nSPS) is 10.8. The number of amides is 2. The molecule has 8 nitrogen and oxygen atoms in total. The molecule has 0 saturated carbocycles. The van der Waals surface area contributed by atoms with E-state index >= 15 is 0 Å². The van der Waals surface area contributed by atoms with Crippen LogP contribution in [-0.4, -0.2) is 33.1 Å². The number of para-hydroxylation sites is 1. The van der Waals surface area contributed by atoms with Crippen LogP contribution in [0.25, 0.3) is 17.0 Å². The molecule has 0 radical (unpaired) electrons. The molecular formula is C27H24N2O6. The van der Waals surface area contributed by atoms with Crippen LogP contribution in [0.3, 0.4) is 0 Å². The molecule has 1 aromatic heterocycles. The number of ether oxygens (including phenoxy) is 3. The Labute approximate surface area is 202 Å². The largest absolute Gasteiger partial charge is 0.494 e. The second-order valence-electron chi connectivity index (χ2n) is 7.42. The van der Waals surface area contributed by atoms with Crippen molar-refractivity contribution in [1.82, 2.24) is 0 Å². The van der Waals surface area contributed by atoms with E-state index in [0.29, 0.717) is 45.5 Å². The minimum absolute atomic E-state index is 0.298. The zero-order valence-corrected chi connectivity index (χ0v) is 19.5. The van der Waals surface area contributed by atoms with Gasteiger partial charge in [0.1, 0.15) is 17.3 Å². The first-order chi connectivity index (χ1) is 17.0. The summed E-state index contributed by atoms with van der Waals surface area (Å²) in [5, 5.41) is 6.44. The van der Waals surface area contributed by atoms with Crippen molar-refractivity contribution in [2.75, 3.05) is 32.0 Å². The van der Waals surface area contributed by atoms with Crippen molar-refractivity contribution in [2.24, 2.45) is 0 Å². The van der Waals surface area contributed by atoms with Gasteiger partial charge in [-0.05, 0) is 30.3 Å². The van der Waals surface area contributed by atoms with Gasteiger partial charge in [0.05, 0.1) is 32.7 Å². The first-order valence-corrected chi connectivity index (χ1v) is 10.7. The molecule has 0 unspecified atom stereocenters. The number of fused-ring (bicyclic) bond motifs is 1. The average molecular weight is 472 g/mol. The summed E-state index contributed by atoms with van der Waals surface area (Å²) < 4.78 is 21.9. The van der Waals surface area contributed by atoms with Crippen molar-refractivity contribution in [3.63, 3.8) is 0 Å². The van der Waals surface area contributed by atoms with Crippen LogP contribution in [0.5, 0.6) is 17.2 Å². The number of carbonyl (C=O) groups is 2. The lowest BCUT2D eigenvalue weighted by Gasteiger charge is -2.15. The van der Waals surface area contributed by atoms with Crippen molar-refractivity contribution >= 4 is 40.2 Å². The van der Waals surface area contributed by atoms with Crippen LogP contribution in [0.2, 0.25) is 0 Å². The Bertz CT molecular complexity index is 1390. The van der Waals surface area contributed by atoms with Gasteiger partial charge in [-0.3, -0.25) is 9.59 Å². The summed E-state index contributed by atoms with van der Waals surface area (Å²) in [6.45, 7) is 0. The van der Waals surface area contributed by atoms with Crippen molar-refractivity contribution in [2.45, 2.75) is 0 Å². The molecule has 2 amide bonds. The van der Waals surface area contributed by atoms with Crippen molar-refractivity contribution in [1.29, 1.82) is 0 Å². The summed E-state index contributed by atoms with van der Waals surface area (Å²) in [6, 6.07) is 19.3. The number of rotatable bonds is 8. The third kappa shape index (κ3) is 5.27. The molecule has 0 aliphatic rings. The number of carbonyl (C=O) groups excluding carboxylic acids is 2. The number of benzene rings is 3. The fourth-order valence-corrected chi connectivity index (χ4v) is 3.51. The predicted molar refractivity (Wildman–Crippen MR) is 134 cm³/mol. The molecule has 8 heteroatoms. The van der Waals surface area contributed by atoms with Crippen LogP contribution >= 0.6 is 0 Å². The van der Waals surface area contributed by atoms with Crippen LogP contribution < -0.4 is 24.8 Å². The Balaban J connectivity index is 1.52. The summed E-state index contributed by atoms with van der Waals surface area (Å²) >= 11 is 0. The van der Waals surface area contributed by atoms with Crippen LogP contribution in [0.15, 0.2) is 77.2 Å². The van der Waals surface area contributed by atoms with E-state index in [1.807, 2.05) is 24.3 Å². The Hall–Kier alpha value is -4.72. The van der Waals surface area contributed by atoms with E-state index in [9.17, 15) is 9.59 Å². The fourth-order valence-electron chi connectivity index (χ4n) is 3.51. The summed E-state index contributed by atoms with van der Waals surface area (Å²) in [6.07, 6.45) is 2.91. The third-order valence-electron chi connectivity index (χ3n) is 5.21. The van der Waals surface area contributed by atoms with E-state index < -0.39 is 5.91 Å². The number of hydrogen-bond donors (Lipinski definition) is 2. The van der Waals surface area contributed by atoms with Crippen molar-refractivity contribution in [3.05, 3.63) is 84.1 Å². The molecule has 35 heavy (non-hydrogen) atoms. The first-order valence-electron chi connectivity index (χ1n) is 10.7. The van der Waals surface area contributed by atoms with Crippen LogP contribution in [0.4, 0.5) is 11.4 Å². The zero-order chi connectivity index (χ0) is 24.8. The Morgan fingerprint density at radius 1 is 0.771 bits per heavy atom. The van der Waals surface area contributed by atoms with E-state index in [1.54, 1.807) is 55.7 Å². The van der Waals surface area contributed by atoms with E-state index in [4.69, 9.17) is 18.6 Å². The smallest absolute Gasteiger partial charge is 0.255 e. The van der Waals surface area contributed by atoms with Gasteiger partial charge in [0.2, 0.25) is 5.91 Å². The Morgan fingerprint density at radius 3 is 2.09 bits per heavy atom. The number of nitrogens with one attached hydrogen (secondary N) is 2. The number of furan rings is 1. The highest BCUT2D eigenvalue weighted by Crippen LogP contribution is 2.37. The molecule has 4 aromatic rings. The minimum atomic E-state index is -0.404. The van der Waals surface area contributed by atoms with Crippen LogP contribution in [-0.2, 0) is 4.79 Å². The maximum Gasteiger partial charge on any atom is 0.255 e. The predicted octanol–water partition coefficient (Wildman–Crippen LogP) is 5.36. The standard InChI is InChI=1S/C27H24N2O6/c1-32-22-11-7-10-18-14-19(35-26(18)22)12-13-25(30)28-20-15-24(34-3)21(16-23(20)33-2)29-27(31)17-8-5-4-6-9-17/h4-16H,1-3H3,(H,28,30)(H,29,31)/b13-12+. The van der Waals surface area contributed by atoms with E-state index in [0.717, 1.165) is 5.39 Å². The van der Waals surface area contributed by atoms with Gasteiger partial charge in [-0.1, -0.05) is 30.3 Å². The molecule has 178 valence electrons. The lowest BCUT2D eigenvalue weighted by atomic mass is 10.2. The fraction of sp³-hybridized carbons (Fsp3) is 0.111. The first kappa shape index (κ1) is 23.4. The van der Waals surface area contributed by atoms with Crippen molar-refractivity contribution < 1.29 is 28.2 Å². The molecule has 0 aliphatic heterocycles. The molecule has 0 aliphatic carbocycles. The molecule has 0 fully saturated rings. The van der Waals surface area contributed by atoms with Crippen LogP contribution in [0.1, 0.15) is 16.1 Å². The lowest BCUT2D eigenvalue weighted by Crippen LogP contribution is -2.14. The average Bonchev–Trinajstić information content (AvgIpc) is 3.32. The van der Waals surface area contributed by atoms with Gasteiger partial charge in [0, 0.05) is 29.2 Å². The van der Waals surface area contributed by atoms with Gasteiger partial charge in [-0.2, -0.15) is 0 Å². The maximum atomic E-state index is 12.6. The van der Waals surface area contributed by atoms with Gasteiger partial charge >= 0.3 is 0 Å². The highest BCUT2D eigenvalue weighted by Gasteiger charge is 2.16. The van der Waals surface area contributed by atoms with Gasteiger partial charge in [-0.15, -0.1) is 0 Å². The molecule has 3 aromatic carbocycles. The Kier molecular flexibility index (Phi) is 7.02. The lowest BCUT2D eigenvalue weighted by molar-refractivity contribution is -0.111. The van der Waals surface area contributed by atoms with Gasteiger partial charge in [0.15, 0.2) is 11.3 Å². The van der Waals surface area contributed by atoms with E-state index in [2.05, 4.69) is 10.6 Å². The SMILES string of the molecule is COc1cc(NC(=O)c2ccccc2)c(OC)cc1NC(=O)/C=C/c1cc2cccc(OC)c2o1. The van der Waals surface area contributed by atoms with Crippen LogP contribution in [0, 0.1) is 0 Å². The van der Waals surface area contributed by atoms with E-state index in [1.165, 1.54) is 20.3 Å². The molecule has 0 atom stereocenters. The highest BCUT2D eigenvalue weighted by atomic mass is 16.5. The molecule has 2 N–H and O–H groups in total. The summed E-state index contributed by atoms with van der Waals surface area (Å²) in [5.74, 6) is 1.13. The summed E-state index contributed by atoms with van der Waals surface area (Å²) in [4.78, 5) is 25.2. The highest BCUT2D eigenvalue weighted by molar-refractivity contribution is 6.06. The summed E-state index contributed by atoms with van der Waals surface area (Å²) in [7, 11) is 4.51. The van der Waals surface area contributed by atoms with Gasteiger partial charge in [-0.25, -0.2) is 0 Å². The number of methoxy groups -OCH3 is 3. The maximum absolute atomic E-state index is 12.6. The zero-order valence-electron chi connectivity index (χ0n) is 19.5. The van der Waals surface area contributed by atoms with Gasteiger partial charge < -0.3 is 29.3 Å². The third-order valence-corrected chi connectivity index (χ3v) is 5.21. The topological polar surface area (TPSA) is 99.0 Å².